The normalized spacial score (nSPS) is 13.5. The van der Waals surface area contributed by atoms with Crippen molar-refractivity contribution in [2.24, 2.45) is 0 Å². The number of hydrogen-bond acceptors (Lipinski definition) is 5. The number of esters is 2. The zero-order chi connectivity index (χ0) is 18.8. The molecule has 0 aliphatic heterocycles. The molecular formula is C19H37NO4. The number of unbranched alkanes of at least 4 members (excludes halogenated alkanes) is 2. The Morgan fingerprint density at radius 3 is 2.12 bits per heavy atom. The predicted molar refractivity (Wildman–Crippen MR) is 96.9 cm³/mol. The van der Waals surface area contributed by atoms with Crippen LogP contribution in [0.3, 0.4) is 0 Å². The van der Waals surface area contributed by atoms with Gasteiger partial charge in [-0.1, -0.05) is 19.8 Å². The van der Waals surface area contributed by atoms with E-state index in [0.717, 1.165) is 25.7 Å². The molecule has 142 valence electrons. The number of carbonyl (C=O) groups excluding carboxylic acids is 2. The molecule has 0 amide bonds. The average molecular weight is 344 g/mol. The zero-order valence-electron chi connectivity index (χ0n) is 16.7. The maximum atomic E-state index is 12.4. The second kappa shape index (κ2) is 10.7. The molecule has 0 rings (SSSR count). The van der Waals surface area contributed by atoms with Crippen molar-refractivity contribution in [1.29, 1.82) is 0 Å². The first-order valence-corrected chi connectivity index (χ1v) is 9.11. The average Bonchev–Trinajstić information content (AvgIpc) is 2.40. The molecule has 1 atom stereocenters. The Morgan fingerprint density at radius 2 is 1.62 bits per heavy atom. The van der Waals surface area contributed by atoms with Crippen LogP contribution in [0.15, 0.2) is 0 Å². The fourth-order valence-corrected chi connectivity index (χ4v) is 2.23. The maximum absolute atomic E-state index is 12.4. The molecule has 0 saturated heterocycles. The van der Waals surface area contributed by atoms with Gasteiger partial charge in [0.25, 0.3) is 0 Å². The summed E-state index contributed by atoms with van der Waals surface area (Å²) in [6, 6.07) is -0.323. The van der Waals surface area contributed by atoms with Gasteiger partial charge in [-0.15, -0.1) is 0 Å². The van der Waals surface area contributed by atoms with Crippen molar-refractivity contribution in [3.63, 3.8) is 0 Å². The largest absolute Gasteiger partial charge is 0.466 e. The fraction of sp³-hybridized carbons (Fsp3) is 0.895. The summed E-state index contributed by atoms with van der Waals surface area (Å²) in [5.74, 6) is -0.340. The Labute approximate surface area is 147 Å². The van der Waals surface area contributed by atoms with Gasteiger partial charge in [0, 0.05) is 12.0 Å². The molecule has 0 aromatic carbocycles. The Morgan fingerprint density at radius 1 is 1.00 bits per heavy atom. The number of hydrogen-bond donors (Lipinski definition) is 1. The Balaban J connectivity index is 4.27. The molecule has 1 N–H and O–H groups in total. The zero-order valence-corrected chi connectivity index (χ0v) is 16.7. The van der Waals surface area contributed by atoms with Crippen molar-refractivity contribution in [2.45, 2.75) is 104 Å². The standard InChI is InChI=1S/C19H37NO4/c1-8-14-23-16(21)13-11-9-10-12-15(20-18(2,3)4)17(22)24-19(5,6)7/h15,20H,8-14H2,1-7H3. The van der Waals surface area contributed by atoms with Gasteiger partial charge in [-0.3, -0.25) is 14.9 Å². The lowest BCUT2D eigenvalue weighted by Crippen LogP contribution is -2.49. The minimum atomic E-state index is -0.488. The fourth-order valence-electron chi connectivity index (χ4n) is 2.23. The van der Waals surface area contributed by atoms with E-state index in [1.807, 2.05) is 48.5 Å². The van der Waals surface area contributed by atoms with E-state index in [-0.39, 0.29) is 23.5 Å². The lowest BCUT2D eigenvalue weighted by molar-refractivity contribution is -0.158. The molecule has 0 radical (unpaired) electrons. The summed E-state index contributed by atoms with van der Waals surface area (Å²) >= 11 is 0. The summed E-state index contributed by atoms with van der Waals surface area (Å²) in [4.78, 5) is 23.8. The second-order valence-corrected chi connectivity index (χ2v) is 8.30. The molecule has 0 aliphatic rings. The smallest absolute Gasteiger partial charge is 0.323 e. The van der Waals surface area contributed by atoms with Crippen LogP contribution >= 0.6 is 0 Å². The van der Waals surface area contributed by atoms with Crippen LogP contribution in [-0.4, -0.2) is 35.7 Å². The minimum Gasteiger partial charge on any atom is -0.466 e. The molecule has 5 nitrogen and oxygen atoms in total. The number of carbonyl (C=O) groups is 2. The summed E-state index contributed by atoms with van der Waals surface area (Å²) in [6.45, 7) is 14.2. The highest BCUT2D eigenvalue weighted by Crippen LogP contribution is 2.15. The van der Waals surface area contributed by atoms with Crippen LogP contribution < -0.4 is 5.32 Å². The first-order valence-electron chi connectivity index (χ1n) is 9.11. The maximum Gasteiger partial charge on any atom is 0.323 e. The van der Waals surface area contributed by atoms with Crippen molar-refractivity contribution >= 4 is 11.9 Å². The summed E-state index contributed by atoms with van der Waals surface area (Å²) in [6.07, 6.45) is 4.56. The van der Waals surface area contributed by atoms with Crippen molar-refractivity contribution in [3.05, 3.63) is 0 Å². The van der Waals surface area contributed by atoms with Crippen LogP contribution in [0.2, 0.25) is 0 Å². The van der Waals surface area contributed by atoms with Crippen LogP contribution in [0.25, 0.3) is 0 Å². The van der Waals surface area contributed by atoms with E-state index in [9.17, 15) is 9.59 Å². The van der Waals surface area contributed by atoms with Crippen molar-refractivity contribution in [1.82, 2.24) is 5.32 Å². The summed E-state index contributed by atoms with van der Waals surface area (Å²) in [5.41, 5.74) is -0.649. The van der Waals surface area contributed by atoms with Gasteiger partial charge in [0.15, 0.2) is 0 Å². The second-order valence-electron chi connectivity index (χ2n) is 8.30. The van der Waals surface area contributed by atoms with Crippen molar-refractivity contribution in [2.75, 3.05) is 6.61 Å². The van der Waals surface area contributed by atoms with Crippen LogP contribution in [0, 0.1) is 0 Å². The summed E-state index contributed by atoms with van der Waals surface area (Å²) in [5, 5.41) is 3.34. The molecule has 0 bridgehead atoms. The SMILES string of the molecule is CCCOC(=O)CCCCCC(NC(C)(C)C)C(=O)OC(C)(C)C. The van der Waals surface area contributed by atoms with Crippen LogP contribution in [0.4, 0.5) is 0 Å². The van der Waals surface area contributed by atoms with Gasteiger partial charge in [-0.2, -0.15) is 0 Å². The summed E-state index contributed by atoms with van der Waals surface area (Å²) in [7, 11) is 0. The molecule has 0 saturated carbocycles. The van der Waals surface area contributed by atoms with E-state index in [1.54, 1.807) is 0 Å². The van der Waals surface area contributed by atoms with Crippen LogP contribution in [0.5, 0.6) is 0 Å². The van der Waals surface area contributed by atoms with E-state index in [4.69, 9.17) is 9.47 Å². The highest BCUT2D eigenvalue weighted by atomic mass is 16.6. The van der Waals surface area contributed by atoms with E-state index >= 15 is 0 Å². The van der Waals surface area contributed by atoms with E-state index in [0.29, 0.717) is 19.4 Å². The Hall–Kier alpha value is -1.10. The topological polar surface area (TPSA) is 64.6 Å². The van der Waals surface area contributed by atoms with Gasteiger partial charge in [-0.25, -0.2) is 0 Å². The molecule has 0 aromatic heterocycles. The Bertz CT molecular complexity index is 380. The quantitative estimate of drug-likeness (QED) is 0.480. The van der Waals surface area contributed by atoms with E-state index < -0.39 is 5.60 Å². The number of nitrogens with one attached hydrogen (secondary N) is 1. The third kappa shape index (κ3) is 13.3. The molecule has 5 heteroatoms. The van der Waals surface area contributed by atoms with Crippen LogP contribution in [0.1, 0.15) is 87.0 Å². The number of ether oxygens (including phenoxy) is 2. The molecule has 0 aliphatic carbocycles. The van der Waals surface area contributed by atoms with Gasteiger partial charge < -0.3 is 9.47 Å². The monoisotopic (exact) mass is 343 g/mol. The van der Waals surface area contributed by atoms with Crippen molar-refractivity contribution in [3.8, 4) is 0 Å². The Kier molecular flexibility index (Phi) is 10.2. The van der Waals surface area contributed by atoms with Gasteiger partial charge in [0.2, 0.25) is 0 Å². The molecule has 24 heavy (non-hydrogen) atoms. The lowest BCUT2D eigenvalue weighted by Gasteiger charge is -2.30. The lowest BCUT2D eigenvalue weighted by atomic mass is 10.0. The predicted octanol–water partition coefficient (Wildman–Crippen LogP) is 3.99. The van der Waals surface area contributed by atoms with Crippen molar-refractivity contribution < 1.29 is 19.1 Å². The van der Waals surface area contributed by atoms with E-state index in [2.05, 4.69) is 5.32 Å². The minimum absolute atomic E-state index is 0.131. The van der Waals surface area contributed by atoms with Gasteiger partial charge >= 0.3 is 11.9 Å². The molecule has 0 heterocycles. The van der Waals surface area contributed by atoms with Gasteiger partial charge in [0.05, 0.1) is 6.61 Å². The first kappa shape index (κ1) is 22.9. The molecule has 0 aromatic rings. The van der Waals surface area contributed by atoms with Gasteiger partial charge in [-0.05, 0) is 60.8 Å². The number of rotatable bonds is 10. The molecule has 0 fully saturated rings. The highest BCUT2D eigenvalue weighted by molar-refractivity contribution is 5.76. The van der Waals surface area contributed by atoms with Gasteiger partial charge in [0.1, 0.15) is 11.6 Å². The van der Waals surface area contributed by atoms with E-state index in [1.165, 1.54) is 0 Å². The third-order valence-electron chi connectivity index (χ3n) is 3.14. The highest BCUT2D eigenvalue weighted by Gasteiger charge is 2.27. The molecular weight excluding hydrogens is 306 g/mol. The molecule has 1 unspecified atom stereocenters. The summed E-state index contributed by atoms with van der Waals surface area (Å²) < 4.78 is 10.6. The first-order chi connectivity index (χ1) is 10.9. The molecule has 0 spiro atoms. The van der Waals surface area contributed by atoms with Crippen LogP contribution in [-0.2, 0) is 19.1 Å². The third-order valence-corrected chi connectivity index (χ3v) is 3.14.